The predicted molar refractivity (Wildman–Crippen MR) is 86.3 cm³/mol. The lowest BCUT2D eigenvalue weighted by atomic mass is 10.1. The van der Waals surface area contributed by atoms with Gasteiger partial charge in [0.2, 0.25) is 5.91 Å². The largest absolute Gasteiger partial charge is 0.370 e. The molecule has 110 valence electrons. The van der Waals surface area contributed by atoms with Gasteiger partial charge in [-0.2, -0.15) is 0 Å². The molecule has 0 bridgehead atoms. The number of rotatable bonds is 6. The van der Waals surface area contributed by atoms with E-state index in [-0.39, 0.29) is 11.8 Å². The molecule has 1 aromatic heterocycles. The molecule has 0 saturated heterocycles. The smallest absolute Gasteiger partial charge is 0.226 e. The molecule has 0 fully saturated rings. The molecule has 0 unspecified atom stereocenters. The van der Waals surface area contributed by atoms with Crippen LogP contribution in [0.1, 0.15) is 19.4 Å². The van der Waals surface area contributed by atoms with Crippen LogP contribution < -0.4 is 10.6 Å². The Morgan fingerprint density at radius 3 is 2.52 bits per heavy atom. The van der Waals surface area contributed by atoms with Crippen molar-refractivity contribution in [3.05, 3.63) is 54.2 Å². The number of pyridine rings is 1. The summed E-state index contributed by atoms with van der Waals surface area (Å²) in [6.45, 7) is 4.55. The van der Waals surface area contributed by atoms with Gasteiger partial charge in [0.25, 0.3) is 0 Å². The molecule has 4 heteroatoms. The molecule has 0 spiro atoms. The maximum Gasteiger partial charge on any atom is 0.226 e. The first-order chi connectivity index (χ1) is 10.1. The maximum absolute atomic E-state index is 11.6. The Labute approximate surface area is 125 Å². The molecule has 2 N–H and O–H groups in total. The van der Waals surface area contributed by atoms with Crippen LogP contribution in [0, 0.1) is 5.92 Å². The fourth-order valence-electron chi connectivity index (χ4n) is 1.84. The first kappa shape index (κ1) is 15.0. The van der Waals surface area contributed by atoms with Gasteiger partial charge in [-0.25, -0.2) is 4.98 Å². The van der Waals surface area contributed by atoms with Crippen LogP contribution >= 0.6 is 0 Å². The van der Waals surface area contributed by atoms with Gasteiger partial charge in [-0.3, -0.25) is 4.79 Å². The third-order valence-corrected chi connectivity index (χ3v) is 3.12. The number of benzene rings is 1. The van der Waals surface area contributed by atoms with Crippen LogP contribution in [0.3, 0.4) is 0 Å². The first-order valence-electron chi connectivity index (χ1n) is 7.20. The summed E-state index contributed by atoms with van der Waals surface area (Å²) in [6, 6.07) is 14.1. The second-order valence-electron chi connectivity index (χ2n) is 5.24. The van der Waals surface area contributed by atoms with Crippen LogP contribution in [0.4, 0.5) is 11.5 Å². The zero-order valence-electron chi connectivity index (χ0n) is 12.5. The summed E-state index contributed by atoms with van der Waals surface area (Å²) >= 11 is 0. The van der Waals surface area contributed by atoms with Gasteiger partial charge in [-0.1, -0.05) is 44.2 Å². The number of amides is 1. The number of nitrogens with zero attached hydrogens (tertiary/aromatic N) is 1. The summed E-state index contributed by atoms with van der Waals surface area (Å²) in [5.41, 5.74) is 2.02. The lowest BCUT2D eigenvalue weighted by Gasteiger charge is -2.09. The van der Waals surface area contributed by atoms with Crippen LogP contribution in [-0.2, 0) is 11.2 Å². The summed E-state index contributed by atoms with van der Waals surface area (Å²) in [5, 5.41) is 6.09. The lowest BCUT2D eigenvalue weighted by molar-refractivity contribution is -0.118. The summed E-state index contributed by atoms with van der Waals surface area (Å²) in [7, 11) is 0. The Morgan fingerprint density at radius 1 is 1.14 bits per heavy atom. The van der Waals surface area contributed by atoms with E-state index in [1.807, 2.05) is 44.2 Å². The molecule has 2 aromatic rings. The lowest BCUT2D eigenvalue weighted by Crippen LogP contribution is -2.17. The highest BCUT2D eigenvalue weighted by Crippen LogP contribution is 2.11. The average molecular weight is 283 g/mol. The van der Waals surface area contributed by atoms with E-state index in [1.165, 1.54) is 5.56 Å². The number of aromatic nitrogens is 1. The fraction of sp³-hybridized carbons (Fsp3) is 0.294. The van der Waals surface area contributed by atoms with Crippen LogP contribution in [0.25, 0.3) is 0 Å². The zero-order chi connectivity index (χ0) is 15.1. The molecule has 0 aliphatic rings. The molecule has 0 saturated carbocycles. The van der Waals surface area contributed by atoms with Crippen molar-refractivity contribution >= 4 is 17.4 Å². The van der Waals surface area contributed by atoms with E-state index in [9.17, 15) is 4.79 Å². The summed E-state index contributed by atoms with van der Waals surface area (Å²) < 4.78 is 0. The summed E-state index contributed by atoms with van der Waals surface area (Å²) in [6.07, 6.45) is 2.62. The zero-order valence-corrected chi connectivity index (χ0v) is 12.5. The first-order valence-corrected chi connectivity index (χ1v) is 7.20. The predicted octanol–water partition coefficient (Wildman–Crippen LogP) is 3.33. The standard InChI is InChI=1S/C17H21N3O/c1-13(2)17(21)20-15-8-9-16(19-12-15)18-11-10-14-6-4-3-5-7-14/h3-9,12-13H,10-11H2,1-2H3,(H,18,19)(H,20,21). The molecular weight excluding hydrogens is 262 g/mol. The number of anilines is 2. The van der Waals surface area contributed by atoms with E-state index in [0.29, 0.717) is 0 Å². The third kappa shape index (κ3) is 4.91. The minimum absolute atomic E-state index is 0.00147. The van der Waals surface area contributed by atoms with Gasteiger partial charge in [0.1, 0.15) is 5.82 Å². The number of carbonyl (C=O) groups is 1. The molecule has 21 heavy (non-hydrogen) atoms. The molecule has 1 heterocycles. The molecule has 0 radical (unpaired) electrons. The second kappa shape index (κ2) is 7.43. The highest BCUT2D eigenvalue weighted by atomic mass is 16.1. The minimum atomic E-state index is -0.0336. The van der Waals surface area contributed by atoms with E-state index in [4.69, 9.17) is 0 Å². The van der Waals surface area contributed by atoms with Crippen molar-refractivity contribution in [2.45, 2.75) is 20.3 Å². The molecular formula is C17H21N3O. The average Bonchev–Trinajstić information content (AvgIpc) is 2.50. The number of nitrogens with one attached hydrogen (secondary N) is 2. The number of carbonyl (C=O) groups excluding carboxylic acids is 1. The van der Waals surface area contributed by atoms with Gasteiger partial charge in [0, 0.05) is 12.5 Å². The van der Waals surface area contributed by atoms with Crippen molar-refractivity contribution < 1.29 is 4.79 Å². The molecule has 4 nitrogen and oxygen atoms in total. The number of hydrogen-bond acceptors (Lipinski definition) is 3. The van der Waals surface area contributed by atoms with Gasteiger partial charge in [-0.05, 0) is 24.1 Å². The van der Waals surface area contributed by atoms with Crippen molar-refractivity contribution in [3.8, 4) is 0 Å². The van der Waals surface area contributed by atoms with Crippen LogP contribution in [0.15, 0.2) is 48.7 Å². The number of hydrogen-bond donors (Lipinski definition) is 2. The highest BCUT2D eigenvalue weighted by Gasteiger charge is 2.06. The molecule has 0 aliphatic heterocycles. The maximum atomic E-state index is 11.6. The topological polar surface area (TPSA) is 54.0 Å². The van der Waals surface area contributed by atoms with E-state index in [2.05, 4.69) is 27.8 Å². The van der Waals surface area contributed by atoms with E-state index in [1.54, 1.807) is 6.20 Å². The van der Waals surface area contributed by atoms with E-state index < -0.39 is 0 Å². The fourth-order valence-corrected chi connectivity index (χ4v) is 1.84. The normalized spacial score (nSPS) is 10.4. The minimum Gasteiger partial charge on any atom is -0.370 e. The second-order valence-corrected chi connectivity index (χ2v) is 5.24. The van der Waals surface area contributed by atoms with Gasteiger partial charge in [0.15, 0.2) is 0 Å². The SMILES string of the molecule is CC(C)C(=O)Nc1ccc(NCCc2ccccc2)nc1. The Bertz CT molecular complexity index is 564. The van der Waals surface area contributed by atoms with Crippen molar-refractivity contribution in [1.29, 1.82) is 0 Å². The van der Waals surface area contributed by atoms with Crippen molar-refractivity contribution in [2.24, 2.45) is 5.92 Å². The molecule has 1 aromatic carbocycles. The summed E-state index contributed by atoms with van der Waals surface area (Å²) in [5.74, 6) is 0.781. The molecule has 2 rings (SSSR count). The van der Waals surface area contributed by atoms with Crippen molar-refractivity contribution in [2.75, 3.05) is 17.2 Å². The van der Waals surface area contributed by atoms with Crippen LogP contribution in [0.2, 0.25) is 0 Å². The Hall–Kier alpha value is -2.36. The quantitative estimate of drug-likeness (QED) is 0.855. The van der Waals surface area contributed by atoms with Crippen LogP contribution in [0.5, 0.6) is 0 Å². The van der Waals surface area contributed by atoms with Gasteiger partial charge in [0.05, 0.1) is 11.9 Å². The molecule has 0 aliphatic carbocycles. The third-order valence-electron chi connectivity index (χ3n) is 3.12. The van der Waals surface area contributed by atoms with Gasteiger partial charge in [-0.15, -0.1) is 0 Å². The van der Waals surface area contributed by atoms with Crippen molar-refractivity contribution in [1.82, 2.24) is 4.98 Å². The molecule has 1 amide bonds. The van der Waals surface area contributed by atoms with Crippen LogP contribution in [-0.4, -0.2) is 17.4 Å². The highest BCUT2D eigenvalue weighted by molar-refractivity contribution is 5.91. The Balaban J connectivity index is 1.81. The van der Waals surface area contributed by atoms with E-state index in [0.717, 1.165) is 24.5 Å². The Morgan fingerprint density at radius 2 is 1.90 bits per heavy atom. The monoisotopic (exact) mass is 283 g/mol. The van der Waals surface area contributed by atoms with Gasteiger partial charge < -0.3 is 10.6 Å². The molecule has 0 atom stereocenters. The van der Waals surface area contributed by atoms with Gasteiger partial charge >= 0.3 is 0 Å². The van der Waals surface area contributed by atoms with Crippen molar-refractivity contribution in [3.63, 3.8) is 0 Å². The Kier molecular flexibility index (Phi) is 5.32. The summed E-state index contributed by atoms with van der Waals surface area (Å²) in [4.78, 5) is 15.9. The van der Waals surface area contributed by atoms with E-state index >= 15 is 0 Å².